The third kappa shape index (κ3) is 4.45. The molecule has 0 heterocycles. The van der Waals surface area contributed by atoms with Crippen LogP contribution in [-0.4, -0.2) is 12.5 Å². The Balaban J connectivity index is 2.42. The molecule has 0 aliphatic heterocycles. The number of nitrogen functional groups attached to an aromatic ring is 1. The van der Waals surface area contributed by atoms with Crippen molar-refractivity contribution >= 4 is 27.5 Å². The van der Waals surface area contributed by atoms with Crippen LogP contribution in [0.1, 0.15) is 29.6 Å². The smallest absolute Gasteiger partial charge is 0.251 e. The van der Waals surface area contributed by atoms with Crippen LogP contribution in [0.2, 0.25) is 0 Å². The van der Waals surface area contributed by atoms with E-state index in [2.05, 4.69) is 27.3 Å². The van der Waals surface area contributed by atoms with Gasteiger partial charge in [-0.05, 0) is 47.0 Å². The number of unbranched alkanes of at least 4 members (excludes halogenated alkanes) is 2. The summed E-state index contributed by atoms with van der Waals surface area (Å²) in [5.41, 5.74) is 6.78. The van der Waals surface area contributed by atoms with Crippen LogP contribution in [0.3, 0.4) is 0 Å². The summed E-state index contributed by atoms with van der Waals surface area (Å²) in [6.45, 7) is 0.580. The molecule has 1 rings (SSSR count). The number of carbonyl (C=O) groups excluding carboxylic acids is 1. The van der Waals surface area contributed by atoms with E-state index >= 15 is 0 Å². The molecule has 0 aromatic heterocycles. The molecule has 0 unspecified atom stereocenters. The Labute approximate surface area is 109 Å². The molecule has 0 spiro atoms. The minimum absolute atomic E-state index is 0.138. The lowest BCUT2D eigenvalue weighted by Crippen LogP contribution is -2.24. The molecular formula is C12H14BrN3O. The SMILES string of the molecule is N#CCCCCNC(=O)c1ccc(Br)c(N)c1. The lowest BCUT2D eigenvalue weighted by Gasteiger charge is -2.06. The van der Waals surface area contributed by atoms with Gasteiger partial charge in [0.25, 0.3) is 5.91 Å². The first kappa shape index (κ1) is 13.5. The van der Waals surface area contributed by atoms with Gasteiger partial charge in [0.1, 0.15) is 0 Å². The molecule has 90 valence electrons. The maximum atomic E-state index is 11.7. The van der Waals surface area contributed by atoms with E-state index in [1.165, 1.54) is 0 Å². The van der Waals surface area contributed by atoms with Crippen molar-refractivity contribution in [2.45, 2.75) is 19.3 Å². The van der Waals surface area contributed by atoms with Crippen molar-refractivity contribution in [3.63, 3.8) is 0 Å². The highest BCUT2D eigenvalue weighted by molar-refractivity contribution is 9.10. The molecule has 1 amide bonds. The number of nitrogens with zero attached hydrogens (tertiary/aromatic N) is 1. The van der Waals surface area contributed by atoms with E-state index in [0.29, 0.717) is 24.2 Å². The summed E-state index contributed by atoms with van der Waals surface area (Å²) in [5, 5.41) is 11.1. The Morgan fingerprint density at radius 1 is 1.47 bits per heavy atom. The van der Waals surface area contributed by atoms with E-state index in [0.717, 1.165) is 17.3 Å². The molecule has 0 aliphatic rings. The van der Waals surface area contributed by atoms with Crippen LogP contribution in [0.5, 0.6) is 0 Å². The van der Waals surface area contributed by atoms with E-state index in [9.17, 15) is 4.79 Å². The number of amides is 1. The zero-order valence-corrected chi connectivity index (χ0v) is 11.0. The zero-order chi connectivity index (χ0) is 12.7. The average molecular weight is 296 g/mol. The molecule has 3 N–H and O–H groups in total. The molecule has 0 fully saturated rings. The molecule has 1 aromatic rings. The number of nitrogens with two attached hydrogens (primary N) is 1. The first-order valence-electron chi connectivity index (χ1n) is 5.35. The summed E-state index contributed by atoms with van der Waals surface area (Å²) >= 11 is 3.27. The fourth-order valence-corrected chi connectivity index (χ4v) is 1.56. The summed E-state index contributed by atoms with van der Waals surface area (Å²) in [7, 11) is 0. The number of carbonyl (C=O) groups is 1. The van der Waals surface area contributed by atoms with Crippen LogP contribution in [0, 0.1) is 11.3 Å². The zero-order valence-electron chi connectivity index (χ0n) is 9.37. The summed E-state index contributed by atoms with van der Waals surface area (Å²) in [4.78, 5) is 11.7. The second-order valence-electron chi connectivity index (χ2n) is 3.61. The predicted octanol–water partition coefficient (Wildman–Crippen LogP) is 2.45. The van der Waals surface area contributed by atoms with Gasteiger partial charge in [-0.1, -0.05) is 0 Å². The molecule has 4 nitrogen and oxygen atoms in total. The number of hydrogen-bond acceptors (Lipinski definition) is 3. The average Bonchev–Trinajstić information content (AvgIpc) is 2.32. The van der Waals surface area contributed by atoms with Crippen molar-refractivity contribution in [2.24, 2.45) is 0 Å². The van der Waals surface area contributed by atoms with E-state index in [1.807, 2.05) is 0 Å². The Bertz CT molecular complexity index is 440. The molecule has 0 aliphatic carbocycles. The van der Waals surface area contributed by atoms with Gasteiger partial charge in [0, 0.05) is 28.7 Å². The Kier molecular flexibility index (Phi) is 5.50. The van der Waals surface area contributed by atoms with Gasteiger partial charge in [-0.3, -0.25) is 4.79 Å². The van der Waals surface area contributed by atoms with Crippen LogP contribution < -0.4 is 11.1 Å². The Hall–Kier alpha value is -1.54. The Morgan fingerprint density at radius 3 is 2.88 bits per heavy atom. The van der Waals surface area contributed by atoms with Crippen LogP contribution in [0.15, 0.2) is 22.7 Å². The minimum atomic E-state index is -0.138. The van der Waals surface area contributed by atoms with Crippen LogP contribution in [-0.2, 0) is 0 Å². The van der Waals surface area contributed by atoms with E-state index < -0.39 is 0 Å². The third-order valence-electron chi connectivity index (χ3n) is 2.26. The van der Waals surface area contributed by atoms with Crippen LogP contribution >= 0.6 is 15.9 Å². The number of anilines is 1. The van der Waals surface area contributed by atoms with Crippen molar-refractivity contribution in [3.8, 4) is 6.07 Å². The molecule has 0 saturated carbocycles. The van der Waals surface area contributed by atoms with E-state index in [4.69, 9.17) is 11.0 Å². The predicted molar refractivity (Wildman–Crippen MR) is 70.4 cm³/mol. The monoisotopic (exact) mass is 295 g/mol. The number of nitrogens with one attached hydrogen (secondary N) is 1. The number of nitriles is 1. The van der Waals surface area contributed by atoms with Gasteiger partial charge in [0.15, 0.2) is 0 Å². The highest BCUT2D eigenvalue weighted by Crippen LogP contribution is 2.20. The van der Waals surface area contributed by atoms with Gasteiger partial charge in [-0.15, -0.1) is 0 Å². The molecule has 0 bridgehead atoms. The standard InChI is InChI=1S/C12H14BrN3O/c13-10-5-4-9(8-11(10)15)12(17)16-7-3-1-2-6-14/h4-5,8H,1-3,7,15H2,(H,16,17). The van der Waals surface area contributed by atoms with Crippen molar-refractivity contribution in [2.75, 3.05) is 12.3 Å². The van der Waals surface area contributed by atoms with Gasteiger partial charge in [-0.25, -0.2) is 0 Å². The van der Waals surface area contributed by atoms with Gasteiger partial charge >= 0.3 is 0 Å². The second-order valence-corrected chi connectivity index (χ2v) is 4.46. The van der Waals surface area contributed by atoms with E-state index in [1.54, 1.807) is 18.2 Å². The van der Waals surface area contributed by atoms with Gasteiger partial charge in [0.2, 0.25) is 0 Å². The van der Waals surface area contributed by atoms with Crippen molar-refractivity contribution in [1.82, 2.24) is 5.32 Å². The van der Waals surface area contributed by atoms with Crippen molar-refractivity contribution < 1.29 is 4.79 Å². The van der Waals surface area contributed by atoms with E-state index in [-0.39, 0.29) is 5.91 Å². The van der Waals surface area contributed by atoms with Crippen LogP contribution in [0.4, 0.5) is 5.69 Å². The topological polar surface area (TPSA) is 78.9 Å². The number of rotatable bonds is 5. The largest absolute Gasteiger partial charge is 0.398 e. The fraction of sp³-hybridized carbons (Fsp3) is 0.333. The molecule has 17 heavy (non-hydrogen) atoms. The lowest BCUT2D eigenvalue weighted by atomic mass is 10.2. The Morgan fingerprint density at radius 2 is 2.24 bits per heavy atom. The van der Waals surface area contributed by atoms with Gasteiger partial charge in [0.05, 0.1) is 6.07 Å². The highest BCUT2D eigenvalue weighted by Gasteiger charge is 2.06. The quantitative estimate of drug-likeness (QED) is 0.647. The van der Waals surface area contributed by atoms with Crippen LogP contribution in [0.25, 0.3) is 0 Å². The summed E-state index contributed by atoms with van der Waals surface area (Å²) in [6, 6.07) is 7.16. The first-order valence-corrected chi connectivity index (χ1v) is 6.14. The summed E-state index contributed by atoms with van der Waals surface area (Å²) in [6.07, 6.45) is 2.14. The highest BCUT2D eigenvalue weighted by atomic mass is 79.9. The maximum absolute atomic E-state index is 11.7. The normalized spacial score (nSPS) is 9.65. The van der Waals surface area contributed by atoms with Gasteiger partial charge < -0.3 is 11.1 Å². The van der Waals surface area contributed by atoms with Crippen molar-refractivity contribution in [3.05, 3.63) is 28.2 Å². The minimum Gasteiger partial charge on any atom is -0.398 e. The number of hydrogen-bond donors (Lipinski definition) is 2. The molecular weight excluding hydrogens is 282 g/mol. The summed E-state index contributed by atoms with van der Waals surface area (Å²) < 4.78 is 0.781. The summed E-state index contributed by atoms with van der Waals surface area (Å²) in [5.74, 6) is -0.138. The second kappa shape index (κ2) is 6.92. The molecule has 1 aromatic carbocycles. The first-order chi connectivity index (χ1) is 8.15. The third-order valence-corrected chi connectivity index (χ3v) is 2.98. The van der Waals surface area contributed by atoms with Crippen molar-refractivity contribution in [1.29, 1.82) is 5.26 Å². The maximum Gasteiger partial charge on any atom is 0.251 e. The molecule has 0 saturated heterocycles. The van der Waals surface area contributed by atoms with Gasteiger partial charge in [-0.2, -0.15) is 5.26 Å². The lowest BCUT2D eigenvalue weighted by molar-refractivity contribution is 0.0953. The molecule has 0 atom stereocenters. The number of halogens is 1. The molecule has 5 heteroatoms. The number of benzene rings is 1. The fourth-order valence-electron chi connectivity index (χ4n) is 1.32. The molecule has 0 radical (unpaired) electrons.